The van der Waals surface area contributed by atoms with Crippen LogP contribution < -0.4 is 19.6 Å². The molecule has 0 N–H and O–H groups in total. The minimum absolute atomic E-state index is 0.0295. The van der Waals surface area contributed by atoms with Gasteiger partial charge in [0.25, 0.3) is 11.8 Å². The molecule has 220 valence electrons. The molecule has 1 aromatic heterocycles. The van der Waals surface area contributed by atoms with Crippen molar-refractivity contribution >= 4 is 28.8 Å². The minimum Gasteiger partial charge on any atom is -0.497 e. The van der Waals surface area contributed by atoms with E-state index in [1.165, 1.54) is 47.6 Å². The molecule has 2 amide bonds. The van der Waals surface area contributed by atoms with Crippen LogP contribution in [0.15, 0.2) is 100 Å². The highest BCUT2D eigenvalue weighted by Gasteiger charge is 2.36. The van der Waals surface area contributed by atoms with Crippen LogP contribution in [0.25, 0.3) is 11.0 Å². The largest absolute Gasteiger partial charge is 0.497 e. The topological polar surface area (TPSA) is 112 Å². The summed E-state index contributed by atoms with van der Waals surface area (Å²) in [5.74, 6) is -0.226. The third-order valence-electron chi connectivity index (χ3n) is 7.47. The lowest BCUT2D eigenvalue weighted by Crippen LogP contribution is -2.31. The van der Waals surface area contributed by atoms with Crippen LogP contribution in [0, 0.1) is 0 Å². The fourth-order valence-corrected chi connectivity index (χ4v) is 4.96. The van der Waals surface area contributed by atoms with Crippen LogP contribution in [0.5, 0.6) is 23.0 Å². The van der Waals surface area contributed by atoms with E-state index in [9.17, 15) is 19.2 Å². The van der Waals surface area contributed by atoms with Crippen LogP contribution in [-0.2, 0) is 12.8 Å². The van der Waals surface area contributed by atoms with Gasteiger partial charge in [-0.3, -0.25) is 19.3 Å². The number of aryl methyl sites for hydroxylation is 1. The Morgan fingerprint density at radius 1 is 0.773 bits per heavy atom. The van der Waals surface area contributed by atoms with Crippen LogP contribution in [0.4, 0.5) is 0 Å². The van der Waals surface area contributed by atoms with E-state index in [0.29, 0.717) is 12.2 Å². The molecule has 6 rings (SSSR count). The van der Waals surface area contributed by atoms with Crippen molar-refractivity contribution in [3.05, 3.63) is 129 Å². The Morgan fingerprint density at radius 3 is 2.18 bits per heavy atom. The maximum absolute atomic E-state index is 13.1. The number of carbonyl (C=O) groups is 3. The van der Waals surface area contributed by atoms with Crippen molar-refractivity contribution < 1.29 is 33.0 Å². The first-order chi connectivity index (χ1) is 21.3. The molecule has 1 aliphatic rings. The number of hydrogen-bond donors (Lipinski definition) is 0. The second kappa shape index (κ2) is 11.9. The smallest absolute Gasteiger partial charge is 0.343 e. The van der Waals surface area contributed by atoms with Gasteiger partial charge in [-0.1, -0.05) is 31.2 Å². The standard InChI is InChI=1S/C35H27NO8/c1-3-21-4-11-25(12-5-21)43-31-20-42-30-19-26(13-15-28(30)32(31)37)44-35(40)23-8-14-27-29(18-23)34(39)36(33(27)38)17-16-22-6-9-24(41-2)10-7-22/h4-15,18-20H,3,16-17H2,1-2H3. The number of methoxy groups -OCH3 is 1. The average Bonchev–Trinajstić information content (AvgIpc) is 3.29. The van der Waals surface area contributed by atoms with Gasteiger partial charge in [0.2, 0.25) is 11.2 Å². The van der Waals surface area contributed by atoms with Gasteiger partial charge in [0, 0.05) is 12.6 Å². The van der Waals surface area contributed by atoms with E-state index in [1.807, 2.05) is 43.3 Å². The molecule has 9 heteroatoms. The molecule has 0 radical (unpaired) electrons. The quantitative estimate of drug-likeness (QED) is 0.113. The second-order valence-electron chi connectivity index (χ2n) is 10.2. The first kappa shape index (κ1) is 28.4. The summed E-state index contributed by atoms with van der Waals surface area (Å²) in [6, 6.07) is 23.5. The van der Waals surface area contributed by atoms with E-state index in [-0.39, 0.29) is 51.1 Å². The fourth-order valence-electron chi connectivity index (χ4n) is 4.96. The molecule has 5 aromatic rings. The Hall–Kier alpha value is -5.70. The highest BCUT2D eigenvalue weighted by Crippen LogP contribution is 2.27. The molecule has 0 aliphatic carbocycles. The third kappa shape index (κ3) is 5.55. The van der Waals surface area contributed by atoms with Crippen LogP contribution in [0.1, 0.15) is 49.1 Å². The van der Waals surface area contributed by atoms with Gasteiger partial charge in [-0.2, -0.15) is 0 Å². The first-order valence-corrected chi connectivity index (χ1v) is 14.0. The molecule has 4 aromatic carbocycles. The predicted octanol–water partition coefficient (Wildman–Crippen LogP) is 6.21. The molecule has 0 saturated heterocycles. The van der Waals surface area contributed by atoms with Gasteiger partial charge in [-0.15, -0.1) is 0 Å². The number of fused-ring (bicyclic) bond motifs is 2. The Balaban J connectivity index is 1.14. The zero-order chi connectivity index (χ0) is 30.8. The van der Waals surface area contributed by atoms with Gasteiger partial charge in [-0.25, -0.2) is 4.79 Å². The summed E-state index contributed by atoms with van der Waals surface area (Å²) in [6.07, 6.45) is 2.58. The van der Waals surface area contributed by atoms with Gasteiger partial charge < -0.3 is 18.6 Å². The summed E-state index contributed by atoms with van der Waals surface area (Å²) in [5, 5.41) is 0.254. The van der Waals surface area contributed by atoms with E-state index < -0.39 is 17.8 Å². The van der Waals surface area contributed by atoms with Gasteiger partial charge in [0.05, 0.1) is 29.2 Å². The molecule has 0 atom stereocenters. The highest BCUT2D eigenvalue weighted by molar-refractivity contribution is 6.22. The van der Waals surface area contributed by atoms with Crippen molar-refractivity contribution in [1.82, 2.24) is 4.90 Å². The molecule has 44 heavy (non-hydrogen) atoms. The summed E-state index contributed by atoms with van der Waals surface area (Å²) in [5.41, 5.74) is 2.39. The highest BCUT2D eigenvalue weighted by atomic mass is 16.5. The number of ether oxygens (including phenoxy) is 3. The summed E-state index contributed by atoms with van der Waals surface area (Å²) >= 11 is 0. The summed E-state index contributed by atoms with van der Waals surface area (Å²) in [7, 11) is 1.58. The lowest BCUT2D eigenvalue weighted by atomic mass is 10.1. The molecule has 0 fully saturated rings. The van der Waals surface area contributed by atoms with E-state index in [1.54, 1.807) is 19.2 Å². The number of amides is 2. The maximum Gasteiger partial charge on any atom is 0.343 e. The molecular weight excluding hydrogens is 562 g/mol. The number of rotatable bonds is 9. The molecule has 2 heterocycles. The van der Waals surface area contributed by atoms with Crippen LogP contribution in [0.3, 0.4) is 0 Å². The average molecular weight is 590 g/mol. The Kier molecular flexibility index (Phi) is 7.68. The number of esters is 1. The van der Waals surface area contributed by atoms with Crippen molar-refractivity contribution in [2.24, 2.45) is 0 Å². The Labute approximate surface area is 252 Å². The second-order valence-corrected chi connectivity index (χ2v) is 10.2. The zero-order valence-electron chi connectivity index (χ0n) is 24.0. The number of carbonyl (C=O) groups excluding carboxylic acids is 3. The monoisotopic (exact) mass is 589 g/mol. The summed E-state index contributed by atoms with van der Waals surface area (Å²) < 4.78 is 22.0. The lowest BCUT2D eigenvalue weighted by Gasteiger charge is -2.13. The molecule has 0 spiro atoms. The third-order valence-corrected chi connectivity index (χ3v) is 7.47. The van der Waals surface area contributed by atoms with Gasteiger partial charge >= 0.3 is 5.97 Å². The Bertz CT molecular complexity index is 1960. The predicted molar refractivity (Wildman–Crippen MR) is 162 cm³/mol. The summed E-state index contributed by atoms with van der Waals surface area (Å²) in [6.45, 7) is 2.24. The maximum atomic E-state index is 13.1. The van der Waals surface area contributed by atoms with Crippen LogP contribution in [-0.4, -0.2) is 36.3 Å². The minimum atomic E-state index is -0.734. The van der Waals surface area contributed by atoms with Crippen molar-refractivity contribution in [2.75, 3.05) is 13.7 Å². The van der Waals surface area contributed by atoms with Gasteiger partial charge in [0.15, 0.2) is 0 Å². The lowest BCUT2D eigenvalue weighted by molar-refractivity contribution is 0.0655. The number of nitrogens with zero attached hydrogens (tertiary/aromatic N) is 1. The van der Waals surface area contributed by atoms with Crippen LogP contribution >= 0.6 is 0 Å². The molecule has 1 aliphatic heterocycles. The Morgan fingerprint density at radius 2 is 1.45 bits per heavy atom. The number of imide groups is 1. The molecular formula is C35H27NO8. The molecule has 0 unspecified atom stereocenters. The van der Waals surface area contributed by atoms with E-state index in [0.717, 1.165) is 23.3 Å². The zero-order valence-corrected chi connectivity index (χ0v) is 24.0. The van der Waals surface area contributed by atoms with Crippen molar-refractivity contribution in [3.63, 3.8) is 0 Å². The fraction of sp³-hybridized carbons (Fsp3) is 0.143. The summed E-state index contributed by atoms with van der Waals surface area (Å²) in [4.78, 5) is 53.2. The molecule has 9 nitrogen and oxygen atoms in total. The van der Waals surface area contributed by atoms with E-state index >= 15 is 0 Å². The van der Waals surface area contributed by atoms with E-state index in [2.05, 4.69) is 0 Å². The van der Waals surface area contributed by atoms with E-state index in [4.69, 9.17) is 18.6 Å². The normalized spacial score (nSPS) is 12.4. The van der Waals surface area contributed by atoms with Gasteiger partial charge in [0.1, 0.15) is 29.1 Å². The van der Waals surface area contributed by atoms with Crippen molar-refractivity contribution in [1.29, 1.82) is 0 Å². The molecule has 0 bridgehead atoms. The van der Waals surface area contributed by atoms with Gasteiger partial charge in [-0.05, 0) is 78.6 Å². The molecule has 0 saturated carbocycles. The first-order valence-electron chi connectivity index (χ1n) is 14.0. The SMILES string of the molecule is CCc1ccc(Oc2coc3cc(OC(=O)c4ccc5c(c4)C(=O)N(CCc4ccc(OC)cc4)C5=O)ccc3c2=O)cc1. The van der Waals surface area contributed by atoms with Crippen molar-refractivity contribution in [2.45, 2.75) is 19.8 Å². The van der Waals surface area contributed by atoms with Crippen molar-refractivity contribution in [3.8, 4) is 23.0 Å². The number of hydrogen-bond acceptors (Lipinski definition) is 8. The van der Waals surface area contributed by atoms with Crippen LogP contribution in [0.2, 0.25) is 0 Å². The number of benzene rings is 4.